The third kappa shape index (κ3) is 4.34. The molecule has 0 saturated heterocycles. The average molecular weight is 277 g/mol. The minimum absolute atomic E-state index is 0.597. The molecule has 1 fully saturated rings. The van der Waals surface area contributed by atoms with E-state index in [0.29, 0.717) is 6.04 Å². The second kappa shape index (κ2) is 7.82. The number of nitrogens with zero attached hydrogens (tertiary/aromatic N) is 2. The molecular weight excluding hydrogens is 246 g/mol. The molecule has 3 heteroatoms. The van der Waals surface area contributed by atoms with Crippen LogP contribution in [-0.4, -0.2) is 22.1 Å². The van der Waals surface area contributed by atoms with Crippen molar-refractivity contribution in [3.8, 4) is 0 Å². The Morgan fingerprint density at radius 1 is 1.30 bits per heavy atom. The molecule has 2 atom stereocenters. The molecule has 2 rings (SSSR count). The Labute approximate surface area is 124 Å². The van der Waals surface area contributed by atoms with Crippen molar-refractivity contribution >= 4 is 0 Å². The van der Waals surface area contributed by atoms with Gasteiger partial charge >= 0.3 is 0 Å². The summed E-state index contributed by atoms with van der Waals surface area (Å²) < 4.78 is 2.35. The minimum Gasteiger partial charge on any atom is -0.335 e. The van der Waals surface area contributed by atoms with Crippen molar-refractivity contribution in [3.63, 3.8) is 0 Å². The maximum atomic E-state index is 4.60. The van der Waals surface area contributed by atoms with Crippen LogP contribution in [0.3, 0.4) is 0 Å². The van der Waals surface area contributed by atoms with Crippen molar-refractivity contribution in [2.75, 3.05) is 6.54 Å². The van der Waals surface area contributed by atoms with Crippen LogP contribution < -0.4 is 5.32 Å². The molecule has 1 N–H and O–H groups in total. The summed E-state index contributed by atoms with van der Waals surface area (Å²) in [6, 6.07) is 0.597. The van der Waals surface area contributed by atoms with E-state index in [1.165, 1.54) is 44.5 Å². The Morgan fingerprint density at radius 3 is 2.75 bits per heavy atom. The number of nitrogens with one attached hydrogen (secondary N) is 1. The van der Waals surface area contributed by atoms with Gasteiger partial charge in [-0.1, -0.05) is 33.6 Å². The Morgan fingerprint density at radius 2 is 2.05 bits per heavy atom. The van der Waals surface area contributed by atoms with E-state index in [9.17, 15) is 0 Å². The van der Waals surface area contributed by atoms with Gasteiger partial charge in [0, 0.05) is 31.4 Å². The summed E-state index contributed by atoms with van der Waals surface area (Å²) in [6.07, 6.45) is 12.0. The lowest BCUT2D eigenvalue weighted by Crippen LogP contribution is -2.35. The Bertz CT molecular complexity index is 383. The first-order valence-corrected chi connectivity index (χ1v) is 8.44. The second-order valence-corrected chi connectivity index (χ2v) is 6.61. The molecule has 2 unspecified atom stereocenters. The first-order valence-electron chi connectivity index (χ1n) is 8.44. The van der Waals surface area contributed by atoms with Crippen molar-refractivity contribution in [2.24, 2.45) is 11.8 Å². The molecule has 0 amide bonds. The fourth-order valence-corrected chi connectivity index (χ4v) is 3.42. The van der Waals surface area contributed by atoms with E-state index in [0.717, 1.165) is 24.8 Å². The standard InChI is InChI=1S/C17H31N3/c1-4-10-20-11-9-18-17(20)12-15-7-5-6-8-16(15)13-19-14(2)3/h9,11,14-16,19H,4-8,10,12-13H2,1-3H3. The number of hydrogen-bond donors (Lipinski definition) is 1. The zero-order valence-electron chi connectivity index (χ0n) is 13.4. The van der Waals surface area contributed by atoms with Crippen LogP contribution in [-0.2, 0) is 13.0 Å². The average Bonchev–Trinajstić information content (AvgIpc) is 2.85. The summed E-state index contributed by atoms with van der Waals surface area (Å²) >= 11 is 0. The molecule has 1 aromatic rings. The van der Waals surface area contributed by atoms with Crippen LogP contribution >= 0.6 is 0 Å². The van der Waals surface area contributed by atoms with Gasteiger partial charge in [0.2, 0.25) is 0 Å². The third-order valence-corrected chi connectivity index (χ3v) is 4.57. The second-order valence-electron chi connectivity index (χ2n) is 6.61. The Kier molecular flexibility index (Phi) is 6.08. The number of hydrogen-bond acceptors (Lipinski definition) is 2. The van der Waals surface area contributed by atoms with Gasteiger partial charge in [0.1, 0.15) is 5.82 Å². The largest absolute Gasteiger partial charge is 0.335 e. The van der Waals surface area contributed by atoms with E-state index in [1.807, 2.05) is 6.20 Å². The highest BCUT2D eigenvalue weighted by Gasteiger charge is 2.26. The lowest BCUT2D eigenvalue weighted by molar-refractivity contribution is 0.220. The summed E-state index contributed by atoms with van der Waals surface area (Å²) in [5, 5.41) is 3.64. The van der Waals surface area contributed by atoms with E-state index in [1.54, 1.807) is 0 Å². The molecule has 0 aromatic carbocycles. The van der Waals surface area contributed by atoms with E-state index in [4.69, 9.17) is 0 Å². The summed E-state index contributed by atoms with van der Waals surface area (Å²) in [5.41, 5.74) is 0. The highest BCUT2D eigenvalue weighted by Crippen LogP contribution is 2.32. The van der Waals surface area contributed by atoms with E-state index in [2.05, 4.69) is 41.8 Å². The summed E-state index contributed by atoms with van der Waals surface area (Å²) in [7, 11) is 0. The molecule has 1 saturated carbocycles. The SMILES string of the molecule is CCCn1ccnc1CC1CCCCC1CNC(C)C. The lowest BCUT2D eigenvalue weighted by Gasteiger charge is -2.32. The van der Waals surface area contributed by atoms with Gasteiger partial charge in [0.05, 0.1) is 0 Å². The molecule has 0 bridgehead atoms. The van der Waals surface area contributed by atoms with Crippen molar-refractivity contribution < 1.29 is 0 Å². The smallest absolute Gasteiger partial charge is 0.108 e. The van der Waals surface area contributed by atoms with Gasteiger partial charge in [0.15, 0.2) is 0 Å². The first-order chi connectivity index (χ1) is 9.70. The fourth-order valence-electron chi connectivity index (χ4n) is 3.42. The van der Waals surface area contributed by atoms with Crippen molar-refractivity contribution in [1.82, 2.24) is 14.9 Å². The van der Waals surface area contributed by atoms with Gasteiger partial charge in [-0.15, -0.1) is 0 Å². The van der Waals surface area contributed by atoms with Crippen LogP contribution in [0, 0.1) is 11.8 Å². The lowest BCUT2D eigenvalue weighted by atomic mass is 9.77. The van der Waals surface area contributed by atoms with E-state index in [-0.39, 0.29) is 0 Å². The molecule has 1 aromatic heterocycles. The van der Waals surface area contributed by atoms with Gasteiger partial charge in [-0.25, -0.2) is 4.98 Å². The van der Waals surface area contributed by atoms with Crippen LogP contribution in [0.4, 0.5) is 0 Å². The zero-order chi connectivity index (χ0) is 14.4. The van der Waals surface area contributed by atoms with Gasteiger partial charge in [-0.3, -0.25) is 0 Å². The highest BCUT2D eigenvalue weighted by molar-refractivity contribution is 4.96. The fraction of sp³-hybridized carbons (Fsp3) is 0.824. The normalized spacial score (nSPS) is 23.4. The highest BCUT2D eigenvalue weighted by atomic mass is 15.1. The zero-order valence-corrected chi connectivity index (χ0v) is 13.4. The number of aryl methyl sites for hydroxylation is 1. The number of rotatable bonds is 7. The molecule has 0 spiro atoms. The van der Waals surface area contributed by atoms with Crippen LogP contribution in [0.5, 0.6) is 0 Å². The predicted octanol–water partition coefficient (Wildman–Crippen LogP) is 3.64. The third-order valence-electron chi connectivity index (χ3n) is 4.57. The molecule has 114 valence electrons. The first kappa shape index (κ1) is 15.6. The molecule has 1 aliphatic carbocycles. The molecule has 3 nitrogen and oxygen atoms in total. The van der Waals surface area contributed by atoms with Crippen LogP contribution in [0.25, 0.3) is 0 Å². The van der Waals surface area contributed by atoms with Crippen molar-refractivity contribution in [3.05, 3.63) is 18.2 Å². The quantitative estimate of drug-likeness (QED) is 0.824. The van der Waals surface area contributed by atoms with Gasteiger partial charge < -0.3 is 9.88 Å². The summed E-state index contributed by atoms with van der Waals surface area (Å²) in [6.45, 7) is 9.01. The molecule has 0 aliphatic heterocycles. The van der Waals surface area contributed by atoms with E-state index < -0.39 is 0 Å². The predicted molar refractivity (Wildman–Crippen MR) is 84.8 cm³/mol. The topological polar surface area (TPSA) is 29.9 Å². The maximum absolute atomic E-state index is 4.60. The monoisotopic (exact) mass is 277 g/mol. The Balaban J connectivity index is 1.95. The van der Waals surface area contributed by atoms with Gasteiger partial charge in [-0.05, 0) is 37.6 Å². The van der Waals surface area contributed by atoms with Crippen molar-refractivity contribution in [1.29, 1.82) is 0 Å². The van der Waals surface area contributed by atoms with Crippen LogP contribution in [0.2, 0.25) is 0 Å². The van der Waals surface area contributed by atoms with Crippen LogP contribution in [0.15, 0.2) is 12.4 Å². The Hall–Kier alpha value is -0.830. The van der Waals surface area contributed by atoms with Crippen LogP contribution in [0.1, 0.15) is 58.7 Å². The van der Waals surface area contributed by atoms with Gasteiger partial charge in [-0.2, -0.15) is 0 Å². The van der Waals surface area contributed by atoms with Gasteiger partial charge in [0.25, 0.3) is 0 Å². The number of imidazole rings is 1. The summed E-state index contributed by atoms with van der Waals surface area (Å²) in [5.74, 6) is 2.94. The molecule has 0 radical (unpaired) electrons. The molecule has 1 heterocycles. The molecule has 1 aliphatic rings. The maximum Gasteiger partial charge on any atom is 0.108 e. The summed E-state index contributed by atoms with van der Waals surface area (Å²) in [4.78, 5) is 4.60. The molecule has 20 heavy (non-hydrogen) atoms. The van der Waals surface area contributed by atoms with Crippen molar-refractivity contribution in [2.45, 2.75) is 71.9 Å². The molecular formula is C17H31N3. The minimum atomic E-state index is 0.597. The number of aromatic nitrogens is 2. The van der Waals surface area contributed by atoms with E-state index >= 15 is 0 Å².